The Kier molecular flexibility index (Phi) is 9.64. The number of carbonyl (C=O) groups excluding carboxylic acids is 1. The average Bonchev–Trinajstić information content (AvgIpc) is 2.97. The zero-order valence-electron chi connectivity index (χ0n) is 22.9. The fraction of sp³-hybridized carbons (Fsp3) is 0.265. The van der Waals surface area contributed by atoms with Crippen molar-refractivity contribution in [3.05, 3.63) is 114 Å². The van der Waals surface area contributed by atoms with E-state index in [-0.39, 0.29) is 11.5 Å². The summed E-state index contributed by atoms with van der Waals surface area (Å²) in [4.78, 5) is 11.9. The molecule has 0 aliphatic rings. The number of Topliss-reactive ketones (excluding diaryl/α,β-unsaturated/α-hetero) is 1. The third kappa shape index (κ3) is 5.98. The molecule has 4 rings (SSSR count). The van der Waals surface area contributed by atoms with Crippen LogP contribution in [0.15, 0.2) is 103 Å². The van der Waals surface area contributed by atoms with Crippen molar-refractivity contribution in [1.82, 2.24) is 0 Å². The van der Waals surface area contributed by atoms with E-state index in [4.69, 9.17) is 4.74 Å². The van der Waals surface area contributed by atoms with Crippen molar-refractivity contribution >= 4 is 42.5 Å². The van der Waals surface area contributed by atoms with Gasteiger partial charge in [-0.2, -0.15) is 0 Å². The maximum absolute atomic E-state index is 11.9. The van der Waals surface area contributed by atoms with Gasteiger partial charge >= 0.3 is 242 Å². The number of phenols is 1. The molecule has 204 valence electrons. The fourth-order valence-electron chi connectivity index (χ4n) is 5.45. The predicted octanol–water partition coefficient (Wildman–Crippen LogP) is 7.94. The number of hydrogen-bond acceptors (Lipinski definition) is 3. The topological polar surface area (TPSA) is 46.5 Å². The summed E-state index contributed by atoms with van der Waals surface area (Å²) < 4.78 is 6.14. The first-order chi connectivity index (χ1) is 18.9. The van der Waals surface area contributed by atoms with Crippen molar-refractivity contribution in [2.75, 3.05) is 12.8 Å². The number of rotatable bonds is 13. The van der Waals surface area contributed by atoms with Crippen LogP contribution in [-0.4, -0.2) is 23.7 Å². The van der Waals surface area contributed by atoms with Gasteiger partial charge in [0.25, 0.3) is 0 Å². The molecule has 0 radical (unpaired) electrons. The number of halogens is 1. The molecule has 0 unspecified atom stereocenters. The van der Waals surface area contributed by atoms with Crippen LogP contribution in [0.1, 0.15) is 55.5 Å². The summed E-state index contributed by atoms with van der Waals surface area (Å²) in [6.07, 6.45) is 5.48. The van der Waals surface area contributed by atoms with Crippen molar-refractivity contribution in [3.8, 4) is 11.5 Å². The molecule has 0 aliphatic carbocycles. The van der Waals surface area contributed by atoms with Crippen molar-refractivity contribution in [1.29, 1.82) is 0 Å². The summed E-state index contributed by atoms with van der Waals surface area (Å²) in [5.74, 6) is 0.604. The summed E-state index contributed by atoms with van der Waals surface area (Å²) in [5, 5.41) is 11.8. The second-order valence-electron chi connectivity index (χ2n) is 10.1. The predicted molar refractivity (Wildman–Crippen MR) is 170 cm³/mol. The second-order valence-corrected chi connectivity index (χ2v) is 19.1. The van der Waals surface area contributed by atoms with Crippen molar-refractivity contribution in [2.24, 2.45) is 0 Å². The van der Waals surface area contributed by atoms with E-state index in [2.05, 4.69) is 113 Å². The molecule has 4 aromatic rings. The van der Waals surface area contributed by atoms with Gasteiger partial charge < -0.3 is 0 Å². The Balaban J connectivity index is 1.53. The minimum absolute atomic E-state index is 0.0621. The Morgan fingerprint density at radius 3 is 1.74 bits per heavy atom. The molecule has 0 bridgehead atoms. The van der Waals surface area contributed by atoms with E-state index in [0.717, 1.165) is 37.4 Å². The van der Waals surface area contributed by atoms with Crippen LogP contribution in [0, 0.1) is 0 Å². The van der Waals surface area contributed by atoms with Crippen molar-refractivity contribution in [2.45, 2.75) is 46.0 Å². The van der Waals surface area contributed by atoms with Crippen LogP contribution < -0.4 is 20.7 Å². The van der Waals surface area contributed by atoms with Crippen molar-refractivity contribution < 1.29 is 14.6 Å². The molecule has 0 saturated heterocycles. The summed E-state index contributed by atoms with van der Waals surface area (Å²) in [6, 6.07) is 36.2. The van der Waals surface area contributed by atoms with Crippen molar-refractivity contribution in [3.63, 3.8) is 0 Å². The monoisotopic (exact) mass is 604 g/mol. The van der Waals surface area contributed by atoms with E-state index in [0.29, 0.717) is 24.3 Å². The van der Waals surface area contributed by atoms with Crippen LogP contribution in [0.5, 0.6) is 11.5 Å². The molecule has 0 amide bonds. The van der Waals surface area contributed by atoms with Gasteiger partial charge in [-0.3, -0.25) is 0 Å². The molecule has 4 aromatic carbocycles. The summed E-state index contributed by atoms with van der Waals surface area (Å²) in [6.45, 7) is 4.10. The number of aromatic hydroxyl groups is 1. The van der Waals surface area contributed by atoms with Crippen LogP contribution in [0.2, 0.25) is 0 Å². The SMILES string of the molecule is CCCc1c(OCCCCCP(Br)(c2ccccc2)(c2ccccc2)c2ccccc2)ccc(C(C)=O)c1O. The Bertz CT molecular complexity index is 1270. The van der Waals surface area contributed by atoms with Crippen LogP contribution in [0.3, 0.4) is 0 Å². The fourth-order valence-corrected chi connectivity index (χ4v) is 13.2. The Morgan fingerprint density at radius 1 is 0.769 bits per heavy atom. The molecule has 0 atom stereocenters. The molecule has 0 aromatic heterocycles. The third-order valence-electron chi connectivity index (χ3n) is 7.48. The van der Waals surface area contributed by atoms with E-state index >= 15 is 0 Å². The number of phenolic OH excluding ortho intramolecular Hbond substituents is 1. The van der Waals surface area contributed by atoms with Crippen LogP contribution in [0.25, 0.3) is 0 Å². The van der Waals surface area contributed by atoms with Crippen LogP contribution in [0.4, 0.5) is 0 Å². The molecule has 3 nitrogen and oxygen atoms in total. The first-order valence-electron chi connectivity index (χ1n) is 13.8. The Hall–Kier alpha value is -2.94. The molecule has 0 heterocycles. The van der Waals surface area contributed by atoms with Gasteiger partial charge in [0.15, 0.2) is 0 Å². The number of unbranched alkanes of at least 4 members (excludes halogenated alkanes) is 2. The number of ketones is 1. The average molecular weight is 606 g/mol. The minimum atomic E-state index is -2.90. The van der Waals surface area contributed by atoms with Crippen LogP contribution >= 0.6 is 20.8 Å². The molecule has 1 N–H and O–H groups in total. The van der Waals surface area contributed by atoms with E-state index in [1.54, 1.807) is 6.07 Å². The molecular formula is C34H38BrO3P. The van der Waals surface area contributed by atoms with E-state index < -0.39 is 5.31 Å². The summed E-state index contributed by atoms with van der Waals surface area (Å²) in [5.41, 5.74) is 1.09. The van der Waals surface area contributed by atoms with Gasteiger partial charge in [-0.15, -0.1) is 0 Å². The zero-order chi connectivity index (χ0) is 27.7. The molecule has 0 aliphatic heterocycles. The number of hydrogen-bond donors (Lipinski definition) is 1. The summed E-state index contributed by atoms with van der Waals surface area (Å²) in [7, 11) is 0. The third-order valence-corrected chi connectivity index (χ3v) is 17.5. The standard InChI is InChI=1S/C34H38BrO3P/c1-3-16-32-33(24-23-31(27(2)36)34(32)37)38-25-14-7-15-26-39(35,28-17-8-4-9-18-28,29-19-10-5-11-20-29)30-21-12-6-13-22-30/h4-6,8-13,17-24,37H,3,7,14-16,25-26H2,1-2H3. The van der Waals surface area contributed by atoms with Gasteiger partial charge in [-0.1, -0.05) is 0 Å². The van der Waals surface area contributed by atoms with E-state index in [1.807, 2.05) is 6.07 Å². The first-order valence-corrected chi connectivity index (χ1v) is 18.2. The maximum atomic E-state index is 11.9. The van der Waals surface area contributed by atoms with Gasteiger partial charge in [0.1, 0.15) is 0 Å². The molecule has 0 saturated carbocycles. The number of benzene rings is 4. The molecule has 5 heteroatoms. The second kappa shape index (κ2) is 12.9. The van der Waals surface area contributed by atoms with Gasteiger partial charge in [0.05, 0.1) is 0 Å². The first kappa shape index (κ1) is 29.1. The zero-order valence-corrected chi connectivity index (χ0v) is 25.3. The Morgan fingerprint density at radius 2 is 1.28 bits per heavy atom. The quantitative estimate of drug-likeness (QED) is 0.0957. The summed E-state index contributed by atoms with van der Waals surface area (Å²) >= 11 is 4.52. The van der Waals surface area contributed by atoms with E-state index in [9.17, 15) is 9.90 Å². The van der Waals surface area contributed by atoms with Gasteiger partial charge in [-0.25, -0.2) is 0 Å². The van der Waals surface area contributed by atoms with Gasteiger partial charge in [0.2, 0.25) is 0 Å². The number of carbonyl (C=O) groups is 1. The van der Waals surface area contributed by atoms with Gasteiger partial charge in [-0.05, 0) is 0 Å². The Labute approximate surface area is 240 Å². The molecule has 0 spiro atoms. The molecular weight excluding hydrogens is 567 g/mol. The normalized spacial score (nSPS) is 12.4. The molecule has 39 heavy (non-hydrogen) atoms. The van der Waals surface area contributed by atoms with Gasteiger partial charge in [0, 0.05) is 0 Å². The van der Waals surface area contributed by atoms with Crippen LogP contribution in [-0.2, 0) is 6.42 Å². The van der Waals surface area contributed by atoms with E-state index in [1.165, 1.54) is 22.8 Å². The number of ether oxygens (including phenoxy) is 1. The molecule has 0 fully saturated rings.